The molecule has 0 amide bonds. The van der Waals surface area contributed by atoms with Crippen molar-refractivity contribution in [2.24, 2.45) is 7.05 Å². The van der Waals surface area contributed by atoms with Crippen LogP contribution in [0.5, 0.6) is 0 Å². The number of nitrogens with zero attached hydrogens (tertiary/aromatic N) is 2. The number of carboxylic acid groups (broad SMARTS) is 1. The zero-order chi connectivity index (χ0) is 28.7. The summed E-state index contributed by atoms with van der Waals surface area (Å²) in [4.78, 5) is 26.2. The molecule has 2 unspecified atom stereocenters. The van der Waals surface area contributed by atoms with Crippen molar-refractivity contribution in [1.82, 2.24) is 9.13 Å². The lowest BCUT2D eigenvalue weighted by Crippen LogP contribution is -2.33. The summed E-state index contributed by atoms with van der Waals surface area (Å²) in [5, 5.41) is 10.1. The van der Waals surface area contributed by atoms with E-state index in [0.29, 0.717) is 16.5 Å². The van der Waals surface area contributed by atoms with Crippen LogP contribution in [-0.4, -0.2) is 36.6 Å². The molecule has 1 aromatic carbocycles. The second kappa shape index (κ2) is 10.7. The Bertz CT molecular complexity index is 1510. The number of ether oxygens (including phenoxy) is 1. The molecule has 1 N–H and O–H groups in total. The summed E-state index contributed by atoms with van der Waals surface area (Å²) < 4.78 is 47.3. The first-order valence-electron chi connectivity index (χ1n) is 12.5. The molecule has 0 fully saturated rings. The molecule has 4 rings (SSSR count). The van der Waals surface area contributed by atoms with E-state index in [1.54, 1.807) is 49.8 Å². The Balaban J connectivity index is 1.86. The summed E-state index contributed by atoms with van der Waals surface area (Å²) in [6, 6.07) is 9.38. The first-order chi connectivity index (χ1) is 18.1. The zero-order valence-electron chi connectivity index (χ0n) is 22.4. The maximum atomic E-state index is 13.7. The van der Waals surface area contributed by atoms with Crippen LogP contribution < -0.4 is 5.56 Å². The molecule has 3 aromatic rings. The number of aromatic nitrogens is 2. The van der Waals surface area contributed by atoms with Gasteiger partial charge in [0.2, 0.25) is 0 Å². The van der Waals surface area contributed by atoms with Crippen molar-refractivity contribution in [2.75, 3.05) is 0 Å². The number of carbonyl (C=O) groups is 1. The van der Waals surface area contributed by atoms with Gasteiger partial charge in [-0.05, 0) is 63.1 Å². The number of aryl methyl sites for hydroxylation is 1. The molecule has 0 saturated carbocycles. The normalized spacial score (nSPS) is 16.9. The molecule has 0 saturated heterocycles. The number of carboxylic acids is 1. The number of hydrogen-bond donors (Lipinski definition) is 1. The van der Waals surface area contributed by atoms with E-state index in [1.165, 1.54) is 17.7 Å². The average Bonchev–Trinajstić information content (AvgIpc) is 3.23. The van der Waals surface area contributed by atoms with Crippen LogP contribution in [0.15, 0.2) is 65.1 Å². The Morgan fingerprint density at radius 1 is 1.18 bits per heavy atom. The number of rotatable bonds is 7. The van der Waals surface area contributed by atoms with Crippen molar-refractivity contribution in [2.45, 2.75) is 63.1 Å². The number of aliphatic carboxylic acids is 1. The van der Waals surface area contributed by atoms with Gasteiger partial charge >= 0.3 is 11.5 Å². The highest BCUT2D eigenvalue weighted by atomic mass is 32.2. The molecule has 2 aromatic heterocycles. The second-order valence-corrected chi connectivity index (χ2v) is 11.9. The van der Waals surface area contributed by atoms with Crippen LogP contribution in [0.3, 0.4) is 0 Å². The van der Waals surface area contributed by atoms with Crippen molar-refractivity contribution < 1.29 is 27.8 Å². The Kier molecular flexibility index (Phi) is 7.91. The molecule has 1 aliphatic carbocycles. The van der Waals surface area contributed by atoms with E-state index < -0.39 is 34.0 Å². The van der Waals surface area contributed by atoms with Gasteiger partial charge in [-0.2, -0.15) is 13.2 Å². The molecule has 2 atom stereocenters. The lowest BCUT2D eigenvalue weighted by atomic mass is 9.95. The summed E-state index contributed by atoms with van der Waals surface area (Å²) in [6.45, 7) is 7.50. The van der Waals surface area contributed by atoms with Crippen LogP contribution in [0.2, 0.25) is 0 Å². The van der Waals surface area contributed by atoms with Gasteiger partial charge in [0.1, 0.15) is 5.52 Å². The van der Waals surface area contributed by atoms with E-state index in [9.17, 15) is 27.9 Å². The van der Waals surface area contributed by atoms with E-state index in [2.05, 4.69) is 0 Å². The van der Waals surface area contributed by atoms with Gasteiger partial charge < -0.3 is 19.0 Å². The monoisotopic (exact) mass is 560 g/mol. The predicted molar refractivity (Wildman–Crippen MR) is 148 cm³/mol. The number of pyridine rings is 1. The Morgan fingerprint density at radius 3 is 2.38 bits per heavy atom. The summed E-state index contributed by atoms with van der Waals surface area (Å²) in [5.74, 6) is -1.21. The number of allylic oxidation sites excluding steroid dienone is 3. The van der Waals surface area contributed by atoms with E-state index in [0.717, 1.165) is 16.7 Å². The average molecular weight is 561 g/mol. The molecule has 0 aliphatic heterocycles. The third-order valence-electron chi connectivity index (χ3n) is 6.42. The molecule has 208 valence electrons. The molecule has 0 bridgehead atoms. The maximum Gasteiger partial charge on any atom is 0.442 e. The highest BCUT2D eigenvalue weighted by Gasteiger charge is 2.34. The van der Waals surface area contributed by atoms with E-state index >= 15 is 0 Å². The first-order valence-corrected chi connectivity index (χ1v) is 13.3. The first kappa shape index (κ1) is 28.8. The molecule has 6 nitrogen and oxygen atoms in total. The zero-order valence-corrected chi connectivity index (χ0v) is 23.2. The fourth-order valence-electron chi connectivity index (χ4n) is 4.74. The molecule has 0 spiro atoms. The highest BCUT2D eigenvalue weighted by Crippen LogP contribution is 2.39. The van der Waals surface area contributed by atoms with Crippen molar-refractivity contribution in [3.05, 3.63) is 81.9 Å². The van der Waals surface area contributed by atoms with Crippen molar-refractivity contribution in [3.8, 4) is 11.1 Å². The van der Waals surface area contributed by atoms with Gasteiger partial charge in [-0.15, -0.1) is 0 Å². The van der Waals surface area contributed by atoms with Gasteiger partial charge in [-0.1, -0.05) is 48.1 Å². The second-order valence-electron chi connectivity index (χ2n) is 10.6. The fourth-order valence-corrected chi connectivity index (χ4v) is 5.44. The van der Waals surface area contributed by atoms with Crippen LogP contribution in [-0.2, 0) is 23.1 Å². The number of hydrogen-bond acceptors (Lipinski definition) is 4. The Hall–Kier alpha value is -3.24. The van der Waals surface area contributed by atoms with Gasteiger partial charge in [-0.25, -0.2) is 4.79 Å². The van der Waals surface area contributed by atoms with Crippen molar-refractivity contribution in [1.29, 1.82) is 0 Å². The lowest BCUT2D eigenvalue weighted by molar-refractivity contribution is -0.161. The maximum absolute atomic E-state index is 13.7. The minimum absolute atomic E-state index is 0.0459. The molecule has 0 radical (unpaired) electrons. The van der Waals surface area contributed by atoms with Crippen LogP contribution >= 0.6 is 11.8 Å². The highest BCUT2D eigenvalue weighted by molar-refractivity contribution is 8.00. The third kappa shape index (κ3) is 6.50. The van der Waals surface area contributed by atoms with Crippen molar-refractivity contribution >= 4 is 28.6 Å². The van der Waals surface area contributed by atoms with E-state index in [-0.39, 0.29) is 30.4 Å². The number of fused-ring (bicyclic) bond motifs is 1. The van der Waals surface area contributed by atoms with Gasteiger partial charge in [0.25, 0.3) is 5.56 Å². The Labute approximate surface area is 228 Å². The molecular weight excluding hydrogens is 529 g/mol. The predicted octanol–water partition coefficient (Wildman–Crippen LogP) is 6.76. The van der Waals surface area contributed by atoms with Crippen LogP contribution in [0.4, 0.5) is 13.2 Å². The topological polar surface area (TPSA) is 73.5 Å². The lowest BCUT2D eigenvalue weighted by Gasteiger charge is -2.28. The van der Waals surface area contributed by atoms with Gasteiger partial charge in [0.15, 0.2) is 6.10 Å². The number of alkyl halides is 3. The standard InChI is InChI=1S/C29H31F3N2O4S/c1-17-6-10-19(11-7-17)22-21-14-15-34(16-18-8-12-20(13-9-18)39-29(30,31)32)23(21)26(35)33(5)24(22)25(27(36)37)38-28(2,3)4/h6-12,14-15,20,25H,13,16H2,1-5H3,(H,36,37). The van der Waals surface area contributed by atoms with E-state index in [4.69, 9.17) is 4.74 Å². The van der Waals surface area contributed by atoms with Gasteiger partial charge in [0, 0.05) is 36.0 Å². The summed E-state index contributed by atoms with van der Waals surface area (Å²) in [7, 11) is 1.53. The quantitative estimate of drug-likeness (QED) is 0.346. The number of thioether (sulfide) groups is 1. The fraction of sp³-hybridized carbons (Fsp3) is 0.379. The summed E-state index contributed by atoms with van der Waals surface area (Å²) in [5.41, 5.74) is -1.76. The molecule has 10 heteroatoms. The van der Waals surface area contributed by atoms with Crippen molar-refractivity contribution in [3.63, 3.8) is 0 Å². The van der Waals surface area contributed by atoms with Gasteiger partial charge in [-0.3, -0.25) is 4.79 Å². The number of benzene rings is 1. The van der Waals surface area contributed by atoms with Crippen LogP contribution in [0.25, 0.3) is 22.0 Å². The molecule has 39 heavy (non-hydrogen) atoms. The minimum Gasteiger partial charge on any atom is -0.479 e. The van der Waals surface area contributed by atoms with E-state index in [1.807, 2.05) is 31.2 Å². The minimum atomic E-state index is -4.31. The van der Waals surface area contributed by atoms with Crippen LogP contribution in [0, 0.1) is 6.92 Å². The summed E-state index contributed by atoms with van der Waals surface area (Å²) in [6.07, 6.45) is 5.53. The largest absolute Gasteiger partial charge is 0.479 e. The smallest absolute Gasteiger partial charge is 0.442 e. The molecular formula is C29H31F3N2O4S. The van der Waals surface area contributed by atoms with Gasteiger partial charge in [0.05, 0.1) is 11.3 Å². The SMILES string of the molecule is Cc1ccc(-c2c(C(OC(C)(C)C)C(=O)O)n(C)c(=O)c3c2ccn3CC2=CCC(SC(F)(F)F)C=C2)cc1. The summed E-state index contributed by atoms with van der Waals surface area (Å²) >= 11 is -0.0459. The van der Waals surface area contributed by atoms with Crippen LogP contribution in [0.1, 0.15) is 44.6 Å². The molecule has 2 heterocycles. The Morgan fingerprint density at radius 2 is 1.85 bits per heavy atom. The molecule has 1 aliphatic rings. The third-order valence-corrected chi connectivity index (χ3v) is 7.34. The number of halogens is 3.